The summed E-state index contributed by atoms with van der Waals surface area (Å²) in [5.74, 6) is -0.232. The lowest BCUT2D eigenvalue weighted by Crippen LogP contribution is -2.23. The first-order valence-corrected chi connectivity index (χ1v) is 3.50. The van der Waals surface area contributed by atoms with Crippen LogP contribution < -0.4 is 0 Å². The predicted molar refractivity (Wildman–Crippen MR) is 37.8 cm³/mol. The summed E-state index contributed by atoms with van der Waals surface area (Å²) in [6.45, 7) is 4.12. The van der Waals surface area contributed by atoms with E-state index in [2.05, 4.69) is 0 Å². The van der Waals surface area contributed by atoms with Gasteiger partial charge in [-0.2, -0.15) is 0 Å². The number of rotatable bonds is 5. The summed E-state index contributed by atoms with van der Waals surface area (Å²) < 4.78 is 4.81. The maximum Gasteiger partial charge on any atom is 0.186 e. The molecule has 0 amide bonds. The van der Waals surface area contributed by atoms with Crippen molar-refractivity contribution in [1.82, 2.24) is 0 Å². The molecule has 0 rings (SSSR count). The minimum Gasteiger partial charge on any atom is -0.385 e. The fourth-order valence-corrected chi connectivity index (χ4v) is 0.527. The molecule has 0 aromatic rings. The number of hydrogen-bond donors (Lipinski definition) is 1. The van der Waals surface area contributed by atoms with E-state index in [1.54, 1.807) is 6.92 Å². The average Bonchev–Trinajstić information content (AvgIpc) is 1.98. The molecule has 0 spiro atoms. The molecule has 0 aliphatic heterocycles. The second kappa shape index (κ2) is 5.38. The Kier molecular flexibility index (Phi) is 5.16. The summed E-state index contributed by atoms with van der Waals surface area (Å²) in [4.78, 5) is 10.8. The molecular weight excluding hydrogens is 132 g/mol. The molecule has 0 radical (unpaired) electrons. The molecule has 0 aromatic carbocycles. The molecule has 0 saturated heterocycles. The molecule has 1 N–H and O–H groups in total. The highest BCUT2D eigenvalue weighted by Crippen LogP contribution is 1.91. The number of carbonyl (C=O) groups excluding carboxylic acids is 1. The van der Waals surface area contributed by atoms with Gasteiger partial charge in [0, 0.05) is 6.61 Å². The van der Waals surface area contributed by atoms with Gasteiger partial charge in [0.05, 0.1) is 0 Å². The van der Waals surface area contributed by atoms with Crippen molar-refractivity contribution in [1.29, 1.82) is 0 Å². The molecule has 10 heavy (non-hydrogen) atoms. The number of aliphatic hydroxyl groups is 1. The number of hydrogen-bond acceptors (Lipinski definition) is 3. The van der Waals surface area contributed by atoms with Crippen LogP contribution in [0.2, 0.25) is 0 Å². The molecule has 1 unspecified atom stereocenters. The normalized spacial score (nSPS) is 13.1. The van der Waals surface area contributed by atoms with Crippen LogP contribution in [0.15, 0.2) is 0 Å². The van der Waals surface area contributed by atoms with E-state index < -0.39 is 6.10 Å². The standard InChI is InChI=1S/C7H14O3/c1-3-6(8)7(9)5-10-4-2/h6,8H,3-5H2,1-2H3. The fraction of sp³-hybridized carbons (Fsp3) is 0.857. The van der Waals surface area contributed by atoms with Gasteiger partial charge in [-0.3, -0.25) is 4.79 Å². The lowest BCUT2D eigenvalue weighted by molar-refractivity contribution is -0.131. The first kappa shape index (κ1) is 9.59. The molecule has 0 heterocycles. The smallest absolute Gasteiger partial charge is 0.186 e. The highest BCUT2D eigenvalue weighted by atomic mass is 16.5. The first-order valence-electron chi connectivity index (χ1n) is 3.50. The molecule has 0 aliphatic carbocycles. The number of aliphatic hydroxyl groups excluding tert-OH is 1. The Balaban J connectivity index is 3.42. The Labute approximate surface area is 61.0 Å². The molecule has 0 saturated carbocycles. The van der Waals surface area contributed by atoms with Gasteiger partial charge in [0.25, 0.3) is 0 Å². The van der Waals surface area contributed by atoms with Gasteiger partial charge in [-0.1, -0.05) is 6.92 Å². The molecule has 3 nitrogen and oxygen atoms in total. The largest absolute Gasteiger partial charge is 0.385 e. The predicted octanol–water partition coefficient (Wildman–Crippen LogP) is 0.363. The zero-order valence-electron chi connectivity index (χ0n) is 6.46. The van der Waals surface area contributed by atoms with Crippen molar-refractivity contribution >= 4 is 5.78 Å². The molecule has 0 fully saturated rings. The summed E-state index contributed by atoms with van der Waals surface area (Å²) in [6, 6.07) is 0. The molecule has 60 valence electrons. The van der Waals surface area contributed by atoms with E-state index in [0.717, 1.165) is 0 Å². The maximum atomic E-state index is 10.8. The van der Waals surface area contributed by atoms with Gasteiger partial charge < -0.3 is 9.84 Å². The van der Waals surface area contributed by atoms with Gasteiger partial charge in [0.15, 0.2) is 5.78 Å². The minimum absolute atomic E-state index is 0.0332. The van der Waals surface area contributed by atoms with E-state index >= 15 is 0 Å². The zero-order valence-corrected chi connectivity index (χ0v) is 6.46. The van der Waals surface area contributed by atoms with Crippen molar-refractivity contribution in [2.45, 2.75) is 26.4 Å². The molecule has 0 aliphatic rings. The Hall–Kier alpha value is -0.410. The molecule has 3 heteroatoms. The van der Waals surface area contributed by atoms with Crippen LogP contribution in [0.3, 0.4) is 0 Å². The first-order chi connectivity index (χ1) is 4.72. The van der Waals surface area contributed by atoms with Crippen molar-refractivity contribution < 1.29 is 14.6 Å². The van der Waals surface area contributed by atoms with E-state index in [0.29, 0.717) is 13.0 Å². The van der Waals surface area contributed by atoms with Crippen molar-refractivity contribution in [2.24, 2.45) is 0 Å². The van der Waals surface area contributed by atoms with Crippen molar-refractivity contribution in [3.8, 4) is 0 Å². The summed E-state index contributed by atoms with van der Waals surface area (Å²) >= 11 is 0. The molecule has 1 atom stereocenters. The van der Waals surface area contributed by atoms with Crippen LogP contribution in [0.1, 0.15) is 20.3 Å². The zero-order chi connectivity index (χ0) is 7.98. The van der Waals surface area contributed by atoms with E-state index in [1.807, 2.05) is 6.92 Å². The second-order valence-corrected chi connectivity index (χ2v) is 2.03. The second-order valence-electron chi connectivity index (χ2n) is 2.03. The lowest BCUT2D eigenvalue weighted by Gasteiger charge is -2.05. The monoisotopic (exact) mass is 146 g/mol. The van der Waals surface area contributed by atoms with Gasteiger partial charge >= 0.3 is 0 Å². The van der Waals surface area contributed by atoms with Crippen LogP contribution >= 0.6 is 0 Å². The van der Waals surface area contributed by atoms with Crippen LogP contribution in [0, 0.1) is 0 Å². The molecular formula is C7H14O3. The van der Waals surface area contributed by atoms with Crippen LogP contribution in [0.25, 0.3) is 0 Å². The molecule has 0 aromatic heterocycles. The highest BCUT2D eigenvalue weighted by Gasteiger charge is 2.11. The van der Waals surface area contributed by atoms with Crippen molar-refractivity contribution in [3.63, 3.8) is 0 Å². The van der Waals surface area contributed by atoms with Gasteiger partial charge in [-0.05, 0) is 13.3 Å². The third-order valence-electron chi connectivity index (χ3n) is 1.21. The summed E-state index contributed by atoms with van der Waals surface area (Å²) in [5.41, 5.74) is 0. The van der Waals surface area contributed by atoms with E-state index in [9.17, 15) is 4.79 Å². The number of carbonyl (C=O) groups is 1. The number of Topliss-reactive ketones (excluding diaryl/α,β-unsaturated/α-hetero) is 1. The average molecular weight is 146 g/mol. The Bertz CT molecular complexity index is 101. The summed E-state index contributed by atoms with van der Waals surface area (Å²) in [5, 5.41) is 8.92. The quantitative estimate of drug-likeness (QED) is 0.609. The molecule has 0 bridgehead atoms. The summed E-state index contributed by atoms with van der Waals surface area (Å²) in [7, 11) is 0. The SMILES string of the molecule is CCOCC(=O)C(O)CC. The van der Waals surface area contributed by atoms with Crippen LogP contribution in [-0.4, -0.2) is 30.2 Å². The van der Waals surface area contributed by atoms with E-state index in [1.165, 1.54) is 0 Å². The van der Waals surface area contributed by atoms with Crippen LogP contribution in [0.5, 0.6) is 0 Å². The van der Waals surface area contributed by atoms with Gasteiger partial charge in [-0.15, -0.1) is 0 Å². The number of ether oxygens (including phenoxy) is 1. The van der Waals surface area contributed by atoms with Gasteiger partial charge in [0.2, 0.25) is 0 Å². The Morgan fingerprint density at radius 2 is 2.20 bits per heavy atom. The van der Waals surface area contributed by atoms with Gasteiger partial charge in [-0.25, -0.2) is 0 Å². The third kappa shape index (κ3) is 3.58. The van der Waals surface area contributed by atoms with Crippen molar-refractivity contribution in [2.75, 3.05) is 13.2 Å². The van der Waals surface area contributed by atoms with Crippen LogP contribution in [0.4, 0.5) is 0 Å². The third-order valence-corrected chi connectivity index (χ3v) is 1.21. The fourth-order valence-electron chi connectivity index (χ4n) is 0.527. The lowest BCUT2D eigenvalue weighted by atomic mass is 10.2. The van der Waals surface area contributed by atoms with E-state index in [4.69, 9.17) is 9.84 Å². The Morgan fingerprint density at radius 3 is 2.60 bits per heavy atom. The van der Waals surface area contributed by atoms with Crippen molar-refractivity contribution in [3.05, 3.63) is 0 Å². The highest BCUT2D eigenvalue weighted by molar-refractivity contribution is 5.83. The van der Waals surface area contributed by atoms with E-state index in [-0.39, 0.29) is 12.4 Å². The summed E-state index contributed by atoms with van der Waals surface area (Å²) in [6.07, 6.45) is -0.377. The maximum absolute atomic E-state index is 10.8. The Morgan fingerprint density at radius 1 is 1.60 bits per heavy atom. The topological polar surface area (TPSA) is 46.5 Å². The van der Waals surface area contributed by atoms with Crippen LogP contribution in [-0.2, 0) is 9.53 Å². The minimum atomic E-state index is -0.841. The number of ketones is 1. The van der Waals surface area contributed by atoms with Gasteiger partial charge in [0.1, 0.15) is 12.7 Å².